The molecular formula is C9H14N2O2. The summed E-state index contributed by atoms with van der Waals surface area (Å²) in [6.45, 7) is 0.233. The van der Waals surface area contributed by atoms with E-state index in [1.54, 1.807) is 20.4 Å². The molecule has 13 heavy (non-hydrogen) atoms. The van der Waals surface area contributed by atoms with E-state index in [9.17, 15) is 0 Å². The van der Waals surface area contributed by atoms with Gasteiger partial charge in [0.05, 0.1) is 6.54 Å². The maximum absolute atomic E-state index is 5.57. The first-order valence-corrected chi connectivity index (χ1v) is 4.01. The van der Waals surface area contributed by atoms with Crippen molar-refractivity contribution in [3.8, 4) is 0 Å². The van der Waals surface area contributed by atoms with Crippen LogP contribution in [-0.2, 0) is 15.3 Å². The van der Waals surface area contributed by atoms with Gasteiger partial charge < -0.3 is 15.2 Å². The summed E-state index contributed by atoms with van der Waals surface area (Å²) >= 11 is 0. The van der Waals surface area contributed by atoms with Gasteiger partial charge in [-0.1, -0.05) is 6.07 Å². The number of methoxy groups -OCH3 is 2. The third kappa shape index (κ3) is 1.85. The lowest BCUT2D eigenvalue weighted by molar-refractivity contribution is -0.210. The Bertz CT molecular complexity index is 239. The molecular weight excluding hydrogens is 168 g/mol. The van der Waals surface area contributed by atoms with Gasteiger partial charge in [-0.2, -0.15) is 0 Å². The van der Waals surface area contributed by atoms with Crippen LogP contribution in [0.25, 0.3) is 0 Å². The fraction of sp³-hybridized carbons (Fsp3) is 0.444. The molecule has 0 aromatic carbocycles. The summed E-state index contributed by atoms with van der Waals surface area (Å²) in [7, 11) is 3.09. The average molecular weight is 182 g/mol. The van der Waals surface area contributed by atoms with Crippen LogP contribution in [0.3, 0.4) is 0 Å². The first-order chi connectivity index (χ1) is 6.29. The fourth-order valence-corrected chi connectivity index (χ4v) is 1.15. The molecule has 1 aromatic heterocycles. The normalized spacial score (nSPS) is 11.6. The van der Waals surface area contributed by atoms with E-state index in [1.807, 2.05) is 18.2 Å². The molecule has 0 bridgehead atoms. The van der Waals surface area contributed by atoms with Gasteiger partial charge in [-0.25, -0.2) is 0 Å². The Balaban J connectivity index is 3.01. The number of ether oxygens (including phenoxy) is 2. The van der Waals surface area contributed by atoms with E-state index in [2.05, 4.69) is 4.98 Å². The van der Waals surface area contributed by atoms with Crippen LogP contribution in [0.2, 0.25) is 0 Å². The lowest BCUT2D eigenvalue weighted by atomic mass is 10.1. The molecule has 1 aromatic rings. The SMILES string of the molecule is COC(CN)(OC)c1ccccn1. The van der Waals surface area contributed by atoms with Crippen molar-refractivity contribution in [2.75, 3.05) is 20.8 Å². The Morgan fingerprint density at radius 2 is 2.08 bits per heavy atom. The van der Waals surface area contributed by atoms with E-state index in [0.29, 0.717) is 5.69 Å². The Hall–Kier alpha value is -0.970. The molecule has 72 valence electrons. The minimum atomic E-state index is -0.915. The monoisotopic (exact) mass is 182 g/mol. The van der Waals surface area contributed by atoms with Gasteiger partial charge in [0.1, 0.15) is 5.69 Å². The maximum Gasteiger partial charge on any atom is 0.224 e. The summed E-state index contributed by atoms with van der Waals surface area (Å²) in [5.41, 5.74) is 6.25. The second-order valence-corrected chi connectivity index (χ2v) is 2.58. The molecule has 0 aliphatic heterocycles. The zero-order valence-corrected chi connectivity index (χ0v) is 7.86. The minimum Gasteiger partial charge on any atom is -0.347 e. The minimum absolute atomic E-state index is 0.233. The molecule has 0 saturated heterocycles. The summed E-state index contributed by atoms with van der Waals surface area (Å²) in [4.78, 5) is 4.13. The largest absolute Gasteiger partial charge is 0.347 e. The van der Waals surface area contributed by atoms with Gasteiger partial charge in [-0.15, -0.1) is 0 Å². The number of rotatable bonds is 4. The highest BCUT2D eigenvalue weighted by Crippen LogP contribution is 2.21. The second kappa shape index (κ2) is 4.32. The molecule has 1 rings (SSSR count). The molecule has 4 nitrogen and oxygen atoms in total. The Kier molecular flexibility index (Phi) is 3.36. The molecule has 0 atom stereocenters. The van der Waals surface area contributed by atoms with Gasteiger partial charge in [0.2, 0.25) is 5.79 Å². The van der Waals surface area contributed by atoms with Gasteiger partial charge in [0.25, 0.3) is 0 Å². The molecule has 1 heterocycles. The van der Waals surface area contributed by atoms with E-state index >= 15 is 0 Å². The van der Waals surface area contributed by atoms with Gasteiger partial charge >= 0.3 is 0 Å². The van der Waals surface area contributed by atoms with Gasteiger partial charge in [-0.05, 0) is 12.1 Å². The van der Waals surface area contributed by atoms with Crippen LogP contribution in [0, 0.1) is 0 Å². The Labute approximate surface area is 77.7 Å². The third-order valence-corrected chi connectivity index (χ3v) is 1.98. The van der Waals surface area contributed by atoms with E-state index in [4.69, 9.17) is 15.2 Å². The second-order valence-electron chi connectivity index (χ2n) is 2.58. The van der Waals surface area contributed by atoms with Crippen molar-refractivity contribution in [1.29, 1.82) is 0 Å². The molecule has 0 aliphatic carbocycles. The lowest BCUT2D eigenvalue weighted by Gasteiger charge is -2.28. The van der Waals surface area contributed by atoms with Crippen LogP contribution >= 0.6 is 0 Å². The Morgan fingerprint density at radius 3 is 2.46 bits per heavy atom. The van der Waals surface area contributed by atoms with Crippen molar-refractivity contribution >= 4 is 0 Å². The summed E-state index contributed by atoms with van der Waals surface area (Å²) < 4.78 is 10.4. The molecule has 2 N–H and O–H groups in total. The highest BCUT2D eigenvalue weighted by Gasteiger charge is 2.31. The molecule has 0 saturated carbocycles. The van der Waals surface area contributed by atoms with Crippen molar-refractivity contribution in [3.63, 3.8) is 0 Å². The van der Waals surface area contributed by atoms with Crippen molar-refractivity contribution in [1.82, 2.24) is 4.98 Å². The molecule has 0 amide bonds. The van der Waals surface area contributed by atoms with E-state index in [1.165, 1.54) is 0 Å². The lowest BCUT2D eigenvalue weighted by Crippen LogP contribution is -2.39. The van der Waals surface area contributed by atoms with Crippen LogP contribution in [0.4, 0.5) is 0 Å². The predicted molar refractivity (Wildman–Crippen MR) is 49.0 cm³/mol. The highest BCUT2D eigenvalue weighted by molar-refractivity contribution is 5.10. The van der Waals surface area contributed by atoms with E-state index < -0.39 is 5.79 Å². The zero-order valence-electron chi connectivity index (χ0n) is 7.86. The number of hydrogen-bond acceptors (Lipinski definition) is 4. The predicted octanol–water partition coefficient (Wildman–Crippen LogP) is 0.486. The van der Waals surface area contributed by atoms with Crippen molar-refractivity contribution < 1.29 is 9.47 Å². The molecule has 0 spiro atoms. The summed E-state index contributed by atoms with van der Waals surface area (Å²) in [5.74, 6) is -0.915. The fourth-order valence-electron chi connectivity index (χ4n) is 1.15. The smallest absolute Gasteiger partial charge is 0.224 e. The Morgan fingerprint density at radius 1 is 1.38 bits per heavy atom. The summed E-state index contributed by atoms with van der Waals surface area (Å²) in [6.07, 6.45) is 1.68. The molecule has 4 heteroatoms. The summed E-state index contributed by atoms with van der Waals surface area (Å²) in [5, 5.41) is 0. The van der Waals surface area contributed by atoms with Crippen LogP contribution in [-0.4, -0.2) is 25.7 Å². The number of hydrogen-bond donors (Lipinski definition) is 1. The first-order valence-electron chi connectivity index (χ1n) is 4.01. The first kappa shape index (κ1) is 10.1. The topological polar surface area (TPSA) is 57.4 Å². The highest BCUT2D eigenvalue weighted by atomic mass is 16.7. The van der Waals surface area contributed by atoms with Crippen molar-refractivity contribution in [2.45, 2.75) is 5.79 Å². The van der Waals surface area contributed by atoms with Crippen molar-refractivity contribution in [3.05, 3.63) is 30.1 Å². The van der Waals surface area contributed by atoms with Crippen LogP contribution in [0.5, 0.6) is 0 Å². The third-order valence-electron chi connectivity index (χ3n) is 1.98. The zero-order chi connectivity index (χ0) is 9.73. The quantitative estimate of drug-likeness (QED) is 0.688. The molecule has 0 aliphatic rings. The molecule has 0 radical (unpaired) electrons. The van der Waals surface area contributed by atoms with E-state index in [0.717, 1.165) is 0 Å². The maximum atomic E-state index is 5.57. The van der Waals surface area contributed by atoms with Gasteiger partial charge in [-0.3, -0.25) is 4.98 Å². The van der Waals surface area contributed by atoms with Gasteiger partial charge in [0, 0.05) is 20.4 Å². The number of nitrogens with two attached hydrogens (primary N) is 1. The molecule has 0 fully saturated rings. The van der Waals surface area contributed by atoms with Crippen LogP contribution in [0.1, 0.15) is 5.69 Å². The number of aromatic nitrogens is 1. The molecule has 0 unspecified atom stereocenters. The number of pyridine rings is 1. The van der Waals surface area contributed by atoms with Gasteiger partial charge in [0.15, 0.2) is 0 Å². The van der Waals surface area contributed by atoms with Crippen LogP contribution in [0.15, 0.2) is 24.4 Å². The van der Waals surface area contributed by atoms with Crippen molar-refractivity contribution in [2.24, 2.45) is 5.73 Å². The standard InChI is InChI=1S/C9H14N2O2/c1-12-9(7-10,13-2)8-5-3-4-6-11-8/h3-6H,7,10H2,1-2H3. The average Bonchev–Trinajstić information content (AvgIpc) is 2.23. The number of nitrogens with zero attached hydrogens (tertiary/aromatic N) is 1. The van der Waals surface area contributed by atoms with Crippen LogP contribution < -0.4 is 5.73 Å². The summed E-state index contributed by atoms with van der Waals surface area (Å²) in [6, 6.07) is 5.51. The van der Waals surface area contributed by atoms with E-state index in [-0.39, 0.29) is 6.54 Å².